The number of nitrogens with zero attached hydrogens (tertiary/aromatic N) is 4. The first-order valence-electron chi connectivity index (χ1n) is 34.9. The normalized spacial score (nSPS) is 14.9. The Morgan fingerprint density at radius 1 is 0.621 bits per heavy atom. The fourth-order valence-electron chi connectivity index (χ4n) is 6.96. The van der Waals surface area contributed by atoms with Gasteiger partial charge in [0, 0.05) is 41.7 Å². The number of aliphatic hydroxyl groups is 1. The maximum Gasteiger partial charge on any atom is 0.407 e. The number of nitrogens with one attached hydrogen (secondary N) is 1. The van der Waals surface area contributed by atoms with E-state index in [4.69, 9.17) is 57.6 Å². The standard InChI is InChI=1S/C15H24O5.C14H23NO6.C12H13NO2.C10H16O4.C10H14O3.C8H13NO2.C7H12N2/c1-4-10(3)15(18)20-13-7-6-11(8-12(13)16)9-19-14(17)5-2;1-5-11(4)13(17)20-8-9-21-14(18)15-6-7-19-12(16)10(2)3;1-3-9(2)12(14)15-11-6-4-10(8-13)5-7-11;1-4-8(3)10(12)14-7-6-13-9(11)5-2;1-3-8(2)10(11)13-7-9-4-5-12-6-9;1-3-7(2)8(10)11-6-4-5-9;1-3-7(2)9-5-4-8-6-9/h5,10-13,16H,2,4,6-9H2,1,3H3;11H,2,5-9H2,1,3-4H3,(H,15,18);4-7,9H,3H2,1-2H3;5,8H,2,4,6-7H2,1,3H3;4-6,8H,3,7H2,1-2H3;7H,3-4,6H2,1-2H3;4-7H,3H2,1-2H3. The fraction of sp³-hybridized carbons (Fsp3) is 0.592. The highest BCUT2D eigenvalue weighted by molar-refractivity contribution is 5.87. The minimum absolute atomic E-state index is 0.0151. The Morgan fingerprint density at radius 2 is 1.11 bits per heavy atom. The molecule has 4 rings (SSSR count). The molecule has 27 heteroatoms. The van der Waals surface area contributed by atoms with Crippen LogP contribution >= 0.6 is 0 Å². The number of benzene rings is 1. The zero-order valence-electron chi connectivity index (χ0n) is 63.3. The zero-order valence-corrected chi connectivity index (χ0v) is 63.3. The Hall–Kier alpha value is -9.63. The second-order valence-corrected chi connectivity index (χ2v) is 23.7. The molecule has 1 saturated carbocycles. The molecule has 1 aliphatic rings. The average molecular weight is 1450 g/mol. The van der Waals surface area contributed by atoms with E-state index >= 15 is 0 Å². The van der Waals surface area contributed by atoms with E-state index in [-0.39, 0.29) is 136 Å². The minimum atomic E-state index is -0.691. The smallest absolute Gasteiger partial charge is 0.407 e. The minimum Gasteiger partial charge on any atom is -0.472 e. The first-order chi connectivity index (χ1) is 48.9. The monoisotopic (exact) mass is 1450 g/mol. The lowest BCUT2D eigenvalue weighted by Crippen LogP contribution is -2.39. The van der Waals surface area contributed by atoms with Crippen LogP contribution in [0.15, 0.2) is 103 Å². The van der Waals surface area contributed by atoms with Crippen molar-refractivity contribution in [2.24, 2.45) is 41.4 Å². The number of hydrogen-bond acceptors (Lipinski definition) is 25. The largest absolute Gasteiger partial charge is 0.472 e. The van der Waals surface area contributed by atoms with Crippen LogP contribution in [-0.2, 0) is 92.4 Å². The number of carbonyl (C=O) groups excluding carboxylic acids is 10. The van der Waals surface area contributed by atoms with Crippen LogP contribution in [0.25, 0.3) is 0 Å². The molecule has 103 heavy (non-hydrogen) atoms. The summed E-state index contributed by atoms with van der Waals surface area (Å²) in [6, 6.07) is 12.8. The van der Waals surface area contributed by atoms with E-state index in [1.54, 1.807) is 56.7 Å². The van der Waals surface area contributed by atoms with Crippen molar-refractivity contribution < 1.29 is 105 Å². The summed E-state index contributed by atoms with van der Waals surface area (Å²) >= 11 is 0. The van der Waals surface area contributed by atoms with Gasteiger partial charge in [0.25, 0.3) is 0 Å². The van der Waals surface area contributed by atoms with Crippen molar-refractivity contribution in [1.82, 2.24) is 14.9 Å². The van der Waals surface area contributed by atoms with Gasteiger partial charge >= 0.3 is 59.8 Å². The Bertz CT molecular complexity index is 2990. The molecule has 1 fully saturated rings. The van der Waals surface area contributed by atoms with Gasteiger partial charge in [0.1, 0.15) is 58.1 Å². The number of carbonyl (C=O) groups is 10. The third-order valence-electron chi connectivity index (χ3n) is 15.3. The number of nitriles is 2. The summed E-state index contributed by atoms with van der Waals surface area (Å²) in [5.41, 5.74) is 1.73. The molecule has 2 aromatic heterocycles. The SMILES string of the molecule is C=C(C)C(=O)OCCNC(=O)OCCOC(=O)C(C)CC.C=CC(=O)OCC1CCC(OC(=O)C(C)CC)C(O)C1.C=CC(=O)OCCOC(=O)C(C)CC.CCC(C)C(=O)OCCC#N.CCC(C)C(=O)OCc1ccoc1.CCC(C)C(=O)Oc1ccc(C#N)cc1.CCC(C)n1ccnc1. The van der Waals surface area contributed by atoms with Crippen molar-refractivity contribution in [3.8, 4) is 17.9 Å². The second-order valence-electron chi connectivity index (χ2n) is 23.7. The number of hydrogen-bond donors (Lipinski definition) is 2. The van der Waals surface area contributed by atoms with Gasteiger partial charge in [-0.25, -0.2) is 24.2 Å². The first kappa shape index (κ1) is 97.5. The molecule has 0 spiro atoms. The van der Waals surface area contributed by atoms with Gasteiger partial charge in [0.15, 0.2) is 0 Å². The highest BCUT2D eigenvalue weighted by Crippen LogP contribution is 2.28. The van der Waals surface area contributed by atoms with Crippen LogP contribution in [0.3, 0.4) is 0 Å². The van der Waals surface area contributed by atoms with E-state index in [9.17, 15) is 53.1 Å². The van der Waals surface area contributed by atoms with Crippen LogP contribution in [0.5, 0.6) is 5.75 Å². The van der Waals surface area contributed by atoms with Crippen LogP contribution < -0.4 is 10.1 Å². The number of imidazole rings is 1. The van der Waals surface area contributed by atoms with Crippen molar-refractivity contribution in [1.29, 1.82) is 10.5 Å². The molecule has 0 bridgehead atoms. The fourth-order valence-corrected chi connectivity index (χ4v) is 6.96. The second kappa shape index (κ2) is 61.1. The number of aliphatic hydroxyl groups excluding tert-OH is 1. The molecule has 0 aliphatic heterocycles. The highest BCUT2D eigenvalue weighted by Gasteiger charge is 2.33. The van der Waals surface area contributed by atoms with Crippen molar-refractivity contribution >= 4 is 59.8 Å². The highest BCUT2D eigenvalue weighted by atomic mass is 16.6. The number of aromatic nitrogens is 2. The van der Waals surface area contributed by atoms with E-state index in [1.165, 1.54) is 6.92 Å². The van der Waals surface area contributed by atoms with E-state index in [2.05, 4.69) is 53.2 Å². The van der Waals surface area contributed by atoms with E-state index in [0.717, 1.165) is 62.7 Å². The molecule has 2 heterocycles. The summed E-state index contributed by atoms with van der Waals surface area (Å²) in [5.74, 6) is -2.89. The first-order valence-corrected chi connectivity index (χ1v) is 34.9. The molecule has 1 aromatic carbocycles. The van der Waals surface area contributed by atoms with Crippen LogP contribution in [-0.4, -0.2) is 139 Å². The van der Waals surface area contributed by atoms with Crippen LogP contribution in [0, 0.1) is 64.1 Å². The molecule has 2 N–H and O–H groups in total. The number of amides is 1. The van der Waals surface area contributed by atoms with E-state index in [1.807, 2.05) is 100 Å². The topological polar surface area (TPSA) is 374 Å². The van der Waals surface area contributed by atoms with Gasteiger partial charge in [-0.1, -0.05) is 110 Å². The lowest BCUT2D eigenvalue weighted by Gasteiger charge is -2.32. The van der Waals surface area contributed by atoms with Crippen LogP contribution in [0.4, 0.5) is 4.79 Å². The molecular formula is C76H115N5O22. The van der Waals surface area contributed by atoms with Gasteiger partial charge in [0.2, 0.25) is 0 Å². The number of furan rings is 1. The van der Waals surface area contributed by atoms with Gasteiger partial charge in [0.05, 0.1) is 97.7 Å². The third-order valence-corrected chi connectivity index (χ3v) is 15.3. The third kappa shape index (κ3) is 49.6. The summed E-state index contributed by atoms with van der Waals surface area (Å²) < 4.78 is 56.1. The average Bonchev–Trinajstić information content (AvgIpc) is 1.62. The van der Waals surface area contributed by atoms with Gasteiger partial charge in [-0.2, -0.15) is 10.5 Å². The molecule has 27 nitrogen and oxygen atoms in total. The van der Waals surface area contributed by atoms with Crippen LogP contribution in [0.1, 0.15) is 192 Å². The quantitative estimate of drug-likeness (QED) is 0.0184. The molecule has 0 radical (unpaired) electrons. The van der Waals surface area contributed by atoms with Crippen molar-refractivity contribution in [2.75, 3.05) is 52.8 Å². The number of esters is 9. The van der Waals surface area contributed by atoms with Crippen molar-refractivity contribution in [3.63, 3.8) is 0 Å². The van der Waals surface area contributed by atoms with Crippen molar-refractivity contribution in [3.05, 3.63) is 110 Å². The molecule has 10 unspecified atom stereocenters. The zero-order chi connectivity index (χ0) is 78.7. The molecule has 3 aromatic rings. The number of rotatable bonds is 34. The Kier molecular flexibility index (Phi) is 57.8. The van der Waals surface area contributed by atoms with Gasteiger partial charge < -0.3 is 66.8 Å². The van der Waals surface area contributed by atoms with Gasteiger partial charge in [-0.05, 0) is 114 Å². The Balaban J connectivity index is -0.00000115. The maximum absolute atomic E-state index is 11.7. The predicted octanol–water partition coefficient (Wildman–Crippen LogP) is 12.8. The molecule has 10 atom stereocenters. The lowest BCUT2D eigenvalue weighted by molar-refractivity contribution is -0.164. The van der Waals surface area contributed by atoms with Gasteiger partial charge in [-0.15, -0.1) is 0 Å². The van der Waals surface area contributed by atoms with Gasteiger partial charge in [-0.3, -0.25) is 28.8 Å². The summed E-state index contributed by atoms with van der Waals surface area (Å²) in [6.45, 7) is 39.4. The molecule has 0 saturated heterocycles. The van der Waals surface area contributed by atoms with E-state index < -0.39 is 36.2 Å². The molecule has 576 valence electrons. The summed E-state index contributed by atoms with van der Waals surface area (Å²) in [5, 5.41) is 29.1. The number of alkyl carbamates (subject to hydrolysis) is 1. The summed E-state index contributed by atoms with van der Waals surface area (Å²) in [7, 11) is 0. The van der Waals surface area contributed by atoms with E-state index in [0.29, 0.717) is 48.8 Å². The summed E-state index contributed by atoms with van der Waals surface area (Å²) in [6.07, 6.45) is 17.0. The Labute approximate surface area is 609 Å². The Morgan fingerprint density at radius 3 is 1.55 bits per heavy atom. The number of ether oxygens (including phenoxy) is 10. The predicted molar refractivity (Wildman–Crippen MR) is 383 cm³/mol. The van der Waals surface area contributed by atoms with Crippen LogP contribution in [0.2, 0.25) is 0 Å². The molecule has 1 aliphatic carbocycles. The summed E-state index contributed by atoms with van der Waals surface area (Å²) in [4.78, 5) is 115. The molecular weight excluding hydrogens is 1330 g/mol. The lowest BCUT2D eigenvalue weighted by atomic mass is 9.85. The van der Waals surface area contributed by atoms with Crippen molar-refractivity contribution in [2.45, 2.75) is 199 Å². The molecule has 1 amide bonds. The maximum atomic E-state index is 11.7.